The molecule has 0 unspecified atom stereocenters. The summed E-state index contributed by atoms with van der Waals surface area (Å²) in [7, 11) is -3.66. The zero-order valence-corrected chi connectivity index (χ0v) is 14.3. The molecule has 0 atom stereocenters. The van der Waals surface area contributed by atoms with Crippen molar-refractivity contribution in [2.75, 3.05) is 12.3 Å². The normalized spacial score (nSPS) is 18.7. The molecule has 0 aromatic heterocycles. The molecule has 1 aliphatic carbocycles. The van der Waals surface area contributed by atoms with Gasteiger partial charge in [-0.1, -0.05) is 12.1 Å². The van der Waals surface area contributed by atoms with Gasteiger partial charge in [-0.15, -0.1) is 0 Å². The summed E-state index contributed by atoms with van der Waals surface area (Å²) in [6.07, 6.45) is 1.39. The van der Waals surface area contributed by atoms with Crippen molar-refractivity contribution >= 4 is 27.7 Å². The maximum Gasteiger partial charge on any atom is 0.334 e. The first-order chi connectivity index (χ1) is 11.2. The Kier molecular flexibility index (Phi) is 3.95. The monoisotopic (exact) mass is 350 g/mol. The first kappa shape index (κ1) is 16.6. The highest BCUT2D eigenvalue weighted by Crippen LogP contribution is 2.31. The minimum atomic E-state index is -3.66. The Labute approximate surface area is 140 Å². The molecule has 1 aliphatic heterocycles. The first-order valence-electron chi connectivity index (χ1n) is 7.71. The summed E-state index contributed by atoms with van der Waals surface area (Å²) in [5, 5.41) is 0. The zero-order chi connectivity index (χ0) is 17.6. The Hall–Kier alpha value is -2.22. The quantitative estimate of drug-likeness (QED) is 0.584. The third-order valence-electron chi connectivity index (χ3n) is 4.26. The van der Waals surface area contributed by atoms with E-state index in [4.69, 9.17) is 0 Å². The number of aryl methyl sites for hydroxylation is 2. The van der Waals surface area contributed by atoms with Crippen LogP contribution in [0.15, 0.2) is 23.1 Å². The van der Waals surface area contributed by atoms with Crippen molar-refractivity contribution in [3.05, 3.63) is 29.3 Å². The van der Waals surface area contributed by atoms with Crippen LogP contribution in [0.5, 0.6) is 0 Å². The van der Waals surface area contributed by atoms with Crippen molar-refractivity contribution in [3.63, 3.8) is 0 Å². The van der Waals surface area contributed by atoms with Gasteiger partial charge in [0.1, 0.15) is 0 Å². The Morgan fingerprint density at radius 2 is 1.75 bits per heavy atom. The van der Waals surface area contributed by atoms with Gasteiger partial charge in [0, 0.05) is 12.6 Å². The van der Waals surface area contributed by atoms with Crippen LogP contribution in [0.1, 0.15) is 24.0 Å². The molecule has 1 heterocycles. The molecule has 2 aliphatic rings. The summed E-state index contributed by atoms with van der Waals surface area (Å²) in [6, 6.07) is 4.18. The van der Waals surface area contributed by atoms with Gasteiger partial charge < -0.3 is 0 Å². The molecule has 1 aromatic rings. The summed E-state index contributed by atoms with van der Waals surface area (Å²) in [6.45, 7) is 3.16. The number of amides is 4. The van der Waals surface area contributed by atoms with Crippen LogP contribution in [0.2, 0.25) is 0 Å². The van der Waals surface area contributed by atoms with Crippen LogP contribution in [0.4, 0.5) is 4.79 Å². The molecule has 1 aromatic carbocycles. The van der Waals surface area contributed by atoms with E-state index in [-0.39, 0.29) is 17.5 Å². The van der Waals surface area contributed by atoms with Gasteiger partial charge in [0.25, 0.3) is 0 Å². The van der Waals surface area contributed by atoms with E-state index < -0.39 is 33.4 Å². The molecule has 0 bridgehead atoms. The second-order valence-electron chi connectivity index (χ2n) is 6.23. The standard InChI is InChI=1S/C16H18N2O5S/c1-10-3-4-11(2)13(9-10)24(22,23)8-7-17-14(19)15(20)18(16(17)21)12-5-6-12/h3-4,9,12H,5-8H2,1-2H3. The van der Waals surface area contributed by atoms with Gasteiger partial charge in [-0.25, -0.2) is 13.2 Å². The average Bonchev–Trinajstić information content (AvgIpc) is 3.31. The smallest absolute Gasteiger partial charge is 0.263 e. The molecular weight excluding hydrogens is 332 g/mol. The number of carbonyl (C=O) groups excluding carboxylic acids is 3. The van der Waals surface area contributed by atoms with E-state index in [0.717, 1.165) is 15.4 Å². The fourth-order valence-electron chi connectivity index (χ4n) is 2.74. The molecule has 128 valence electrons. The molecule has 8 heteroatoms. The van der Waals surface area contributed by atoms with Gasteiger partial charge >= 0.3 is 17.8 Å². The Morgan fingerprint density at radius 1 is 1.08 bits per heavy atom. The third-order valence-corrected chi connectivity index (χ3v) is 6.09. The molecule has 0 N–H and O–H groups in total. The number of imide groups is 2. The van der Waals surface area contributed by atoms with Gasteiger partial charge in [0.15, 0.2) is 9.84 Å². The minimum Gasteiger partial charge on any atom is -0.263 e. The molecule has 7 nitrogen and oxygen atoms in total. The predicted octanol–water partition coefficient (Wildman–Crippen LogP) is 1.03. The largest absolute Gasteiger partial charge is 0.334 e. The zero-order valence-electron chi connectivity index (χ0n) is 13.5. The van der Waals surface area contributed by atoms with Crippen molar-refractivity contribution in [1.82, 2.24) is 9.80 Å². The highest BCUT2D eigenvalue weighted by atomic mass is 32.2. The summed E-state index contributed by atoms with van der Waals surface area (Å²) >= 11 is 0. The molecular formula is C16H18N2O5S. The highest BCUT2D eigenvalue weighted by molar-refractivity contribution is 7.91. The summed E-state index contributed by atoms with van der Waals surface area (Å²) in [4.78, 5) is 37.9. The lowest BCUT2D eigenvalue weighted by molar-refractivity contribution is -0.143. The van der Waals surface area contributed by atoms with Gasteiger partial charge in [-0.3, -0.25) is 19.4 Å². The van der Waals surface area contributed by atoms with Crippen molar-refractivity contribution < 1.29 is 22.8 Å². The molecule has 1 saturated carbocycles. The fourth-order valence-corrected chi connectivity index (χ4v) is 4.30. The van der Waals surface area contributed by atoms with E-state index in [1.165, 1.54) is 0 Å². The van der Waals surface area contributed by atoms with E-state index in [1.54, 1.807) is 26.0 Å². The van der Waals surface area contributed by atoms with Crippen LogP contribution in [0.25, 0.3) is 0 Å². The van der Waals surface area contributed by atoms with Crippen molar-refractivity contribution in [2.45, 2.75) is 37.6 Å². The Bertz CT molecular complexity index is 842. The fraction of sp³-hybridized carbons (Fsp3) is 0.438. The minimum absolute atomic E-state index is 0.187. The lowest BCUT2D eigenvalue weighted by Gasteiger charge is -2.15. The maximum absolute atomic E-state index is 12.5. The number of urea groups is 1. The van der Waals surface area contributed by atoms with E-state index in [1.807, 2.05) is 6.07 Å². The van der Waals surface area contributed by atoms with Crippen molar-refractivity contribution in [2.24, 2.45) is 0 Å². The van der Waals surface area contributed by atoms with E-state index in [2.05, 4.69) is 0 Å². The number of rotatable bonds is 5. The van der Waals surface area contributed by atoms with E-state index in [0.29, 0.717) is 18.4 Å². The van der Waals surface area contributed by atoms with Gasteiger partial charge in [0.05, 0.1) is 10.6 Å². The summed E-state index contributed by atoms with van der Waals surface area (Å²) in [5.41, 5.74) is 1.41. The number of nitrogens with zero attached hydrogens (tertiary/aromatic N) is 2. The number of benzene rings is 1. The van der Waals surface area contributed by atoms with Gasteiger partial charge in [0.2, 0.25) is 0 Å². The Balaban J connectivity index is 1.77. The Morgan fingerprint density at radius 3 is 2.38 bits per heavy atom. The van der Waals surface area contributed by atoms with Crippen LogP contribution in [-0.4, -0.2) is 54.4 Å². The topological polar surface area (TPSA) is 91.8 Å². The van der Waals surface area contributed by atoms with Crippen LogP contribution in [0.3, 0.4) is 0 Å². The second-order valence-corrected chi connectivity index (χ2v) is 8.31. The van der Waals surface area contributed by atoms with Crippen molar-refractivity contribution in [3.8, 4) is 0 Å². The number of hydrogen-bond acceptors (Lipinski definition) is 5. The highest BCUT2D eigenvalue weighted by Gasteiger charge is 2.50. The molecule has 3 rings (SSSR count). The lowest BCUT2D eigenvalue weighted by atomic mass is 10.2. The third kappa shape index (κ3) is 2.82. The van der Waals surface area contributed by atoms with Gasteiger partial charge in [-0.2, -0.15) is 0 Å². The first-order valence-corrected chi connectivity index (χ1v) is 9.36. The number of carbonyl (C=O) groups is 3. The van der Waals surface area contributed by atoms with Crippen LogP contribution in [0, 0.1) is 13.8 Å². The van der Waals surface area contributed by atoms with E-state index >= 15 is 0 Å². The van der Waals surface area contributed by atoms with Crippen LogP contribution in [-0.2, 0) is 19.4 Å². The van der Waals surface area contributed by atoms with Crippen LogP contribution < -0.4 is 0 Å². The molecule has 2 fully saturated rings. The predicted molar refractivity (Wildman–Crippen MR) is 84.9 cm³/mol. The summed E-state index contributed by atoms with van der Waals surface area (Å²) < 4.78 is 25.1. The lowest BCUT2D eigenvalue weighted by Crippen LogP contribution is -2.37. The van der Waals surface area contributed by atoms with E-state index in [9.17, 15) is 22.8 Å². The van der Waals surface area contributed by atoms with Crippen molar-refractivity contribution in [1.29, 1.82) is 0 Å². The summed E-state index contributed by atoms with van der Waals surface area (Å²) in [5.74, 6) is -2.20. The molecule has 0 radical (unpaired) electrons. The van der Waals surface area contributed by atoms with Crippen LogP contribution >= 0.6 is 0 Å². The SMILES string of the molecule is Cc1ccc(C)c(S(=O)(=O)CCN2C(=O)C(=O)N(C3CC3)C2=O)c1. The molecule has 1 saturated heterocycles. The average molecular weight is 350 g/mol. The number of sulfone groups is 1. The van der Waals surface area contributed by atoms with Gasteiger partial charge in [-0.05, 0) is 43.9 Å². The number of hydrogen-bond donors (Lipinski definition) is 0. The molecule has 4 amide bonds. The molecule has 24 heavy (non-hydrogen) atoms. The molecule has 0 spiro atoms. The second kappa shape index (κ2) is 5.70. The maximum atomic E-state index is 12.5.